The van der Waals surface area contributed by atoms with Crippen LogP contribution >= 0.6 is 0 Å². The van der Waals surface area contributed by atoms with Gasteiger partial charge in [-0.05, 0) is 62.4 Å². The first kappa shape index (κ1) is 25.5. The van der Waals surface area contributed by atoms with Gasteiger partial charge in [0, 0.05) is 52.2 Å². The number of halogens is 1. The third kappa shape index (κ3) is 9.59. The van der Waals surface area contributed by atoms with Gasteiger partial charge in [0.05, 0.1) is 0 Å². The van der Waals surface area contributed by atoms with Gasteiger partial charge in [-0.2, -0.15) is 0 Å². The molecule has 0 aromatic heterocycles. The summed E-state index contributed by atoms with van der Waals surface area (Å²) in [5, 5.41) is 0. The van der Waals surface area contributed by atoms with Crippen molar-refractivity contribution in [3.8, 4) is 0 Å². The molecular weight excluding hydrogens is 375 g/mol. The Morgan fingerprint density at radius 3 is 2.03 bits per heavy atom. The number of alkyl halides is 1. The van der Waals surface area contributed by atoms with Crippen LogP contribution in [-0.4, -0.2) is 85.8 Å². The predicted octanol–water partition coefficient (Wildman–Crippen LogP) is 3.94. The summed E-state index contributed by atoms with van der Waals surface area (Å²) in [5.41, 5.74) is 5.51. The Balaban J connectivity index is 1.59. The second kappa shape index (κ2) is 12.9. The van der Waals surface area contributed by atoms with E-state index < -0.39 is 5.67 Å². The molecule has 0 spiro atoms. The monoisotopic (exact) mass is 422 g/mol. The Bertz CT molecular complexity index is 527. The van der Waals surface area contributed by atoms with Gasteiger partial charge < -0.3 is 20.4 Å². The lowest BCUT2D eigenvalue weighted by Gasteiger charge is -2.35. The second-order valence-corrected chi connectivity index (χ2v) is 10.2. The van der Waals surface area contributed by atoms with E-state index in [1.54, 1.807) is 6.08 Å². The van der Waals surface area contributed by atoms with Crippen molar-refractivity contribution in [2.24, 2.45) is 17.6 Å². The van der Waals surface area contributed by atoms with E-state index >= 15 is 0 Å². The van der Waals surface area contributed by atoms with Crippen LogP contribution < -0.4 is 5.73 Å². The fraction of sp³-hybridized carbons (Fsp3) is 0.840. The summed E-state index contributed by atoms with van der Waals surface area (Å²) in [6.07, 6.45) is 8.83. The molecule has 1 fully saturated rings. The molecule has 0 aromatic rings. The fourth-order valence-electron chi connectivity index (χ4n) is 4.67. The SMILES string of the molecule is CC(C)CN(CCCN1CCN(CCCC2(F)C=CC(CN)=CC2)CC1)CC(C)C. The van der Waals surface area contributed by atoms with Crippen LogP contribution in [0, 0.1) is 11.8 Å². The molecule has 0 saturated carbocycles. The third-order valence-electron chi connectivity index (χ3n) is 6.26. The van der Waals surface area contributed by atoms with E-state index in [0.717, 1.165) is 56.6 Å². The number of nitrogens with zero attached hydrogens (tertiary/aromatic N) is 3. The highest BCUT2D eigenvalue weighted by Gasteiger charge is 2.27. The van der Waals surface area contributed by atoms with Gasteiger partial charge in [0.2, 0.25) is 0 Å². The van der Waals surface area contributed by atoms with Crippen molar-refractivity contribution < 1.29 is 4.39 Å². The molecule has 2 aliphatic rings. The summed E-state index contributed by atoms with van der Waals surface area (Å²) < 4.78 is 14.9. The van der Waals surface area contributed by atoms with Gasteiger partial charge in [-0.1, -0.05) is 39.8 Å². The van der Waals surface area contributed by atoms with Gasteiger partial charge in [0.1, 0.15) is 5.67 Å². The summed E-state index contributed by atoms with van der Waals surface area (Å²) >= 11 is 0. The Labute approximate surface area is 185 Å². The maximum atomic E-state index is 14.9. The number of hydrogen-bond donors (Lipinski definition) is 1. The quantitative estimate of drug-likeness (QED) is 0.488. The Hall–Kier alpha value is -0.750. The molecule has 1 aliphatic carbocycles. The van der Waals surface area contributed by atoms with Crippen molar-refractivity contribution >= 4 is 0 Å². The van der Waals surface area contributed by atoms with Crippen molar-refractivity contribution in [1.82, 2.24) is 14.7 Å². The normalized spacial score (nSPS) is 23.7. The van der Waals surface area contributed by atoms with Gasteiger partial charge in [-0.15, -0.1) is 0 Å². The van der Waals surface area contributed by atoms with Crippen LogP contribution in [0.1, 0.15) is 53.4 Å². The van der Waals surface area contributed by atoms with E-state index in [1.807, 2.05) is 12.2 Å². The molecule has 5 heteroatoms. The minimum atomic E-state index is -1.17. The van der Waals surface area contributed by atoms with E-state index in [0.29, 0.717) is 19.4 Å². The number of nitrogens with two attached hydrogens (primary N) is 1. The molecular formula is C25H47FN4. The van der Waals surface area contributed by atoms with E-state index in [-0.39, 0.29) is 0 Å². The molecule has 30 heavy (non-hydrogen) atoms. The summed E-state index contributed by atoms with van der Waals surface area (Å²) in [6.45, 7) is 20.1. The highest BCUT2D eigenvalue weighted by atomic mass is 19.1. The fourth-order valence-corrected chi connectivity index (χ4v) is 4.67. The van der Waals surface area contributed by atoms with Crippen molar-refractivity contribution in [3.05, 3.63) is 23.8 Å². The minimum Gasteiger partial charge on any atom is -0.327 e. The van der Waals surface area contributed by atoms with Crippen LogP contribution in [0.5, 0.6) is 0 Å². The number of allylic oxidation sites excluding steroid dienone is 2. The summed E-state index contributed by atoms with van der Waals surface area (Å²) in [5.74, 6) is 1.47. The zero-order valence-electron chi connectivity index (χ0n) is 20.1. The van der Waals surface area contributed by atoms with Crippen molar-refractivity contribution in [2.75, 3.05) is 65.4 Å². The smallest absolute Gasteiger partial charge is 0.132 e. The molecule has 0 bridgehead atoms. The first-order chi connectivity index (χ1) is 14.3. The van der Waals surface area contributed by atoms with E-state index in [4.69, 9.17) is 5.73 Å². The highest BCUT2D eigenvalue weighted by Crippen LogP contribution is 2.29. The molecule has 2 N–H and O–H groups in total. The zero-order chi connectivity index (χ0) is 22.0. The lowest BCUT2D eigenvalue weighted by Crippen LogP contribution is -2.47. The number of rotatable bonds is 13. The molecule has 0 radical (unpaired) electrons. The average molecular weight is 423 g/mol. The maximum Gasteiger partial charge on any atom is 0.132 e. The van der Waals surface area contributed by atoms with Crippen molar-refractivity contribution in [2.45, 2.75) is 59.0 Å². The van der Waals surface area contributed by atoms with Crippen molar-refractivity contribution in [1.29, 1.82) is 0 Å². The molecule has 0 aromatic carbocycles. The first-order valence-electron chi connectivity index (χ1n) is 12.2. The van der Waals surface area contributed by atoms with Crippen LogP contribution in [0.4, 0.5) is 4.39 Å². The summed E-state index contributed by atoms with van der Waals surface area (Å²) in [4.78, 5) is 7.76. The molecule has 1 saturated heterocycles. The Morgan fingerprint density at radius 1 is 1.00 bits per heavy atom. The predicted molar refractivity (Wildman–Crippen MR) is 128 cm³/mol. The van der Waals surface area contributed by atoms with Crippen LogP contribution in [0.2, 0.25) is 0 Å². The van der Waals surface area contributed by atoms with Gasteiger partial charge in [0.15, 0.2) is 0 Å². The second-order valence-electron chi connectivity index (χ2n) is 10.2. The standard InChI is InChI=1S/C25H47FN4/c1-22(2)20-30(21-23(3)4)14-6-13-29-17-15-28(16-18-29)12-5-9-25(26)10-7-24(19-27)8-11-25/h7-8,10,22-23H,5-6,9,11-21,27H2,1-4H3. The minimum absolute atomic E-state index is 0.481. The van der Waals surface area contributed by atoms with E-state index in [1.165, 1.54) is 32.6 Å². The van der Waals surface area contributed by atoms with Crippen molar-refractivity contribution in [3.63, 3.8) is 0 Å². The van der Waals surface area contributed by atoms with Crippen LogP contribution in [0.25, 0.3) is 0 Å². The molecule has 1 unspecified atom stereocenters. The molecule has 1 heterocycles. The number of hydrogen-bond acceptors (Lipinski definition) is 4. The lowest BCUT2D eigenvalue weighted by molar-refractivity contribution is 0.116. The largest absolute Gasteiger partial charge is 0.327 e. The molecule has 2 rings (SSSR count). The molecule has 1 atom stereocenters. The summed E-state index contributed by atoms with van der Waals surface area (Å²) in [6, 6.07) is 0. The maximum absolute atomic E-state index is 14.9. The van der Waals surface area contributed by atoms with Gasteiger partial charge in [0.25, 0.3) is 0 Å². The zero-order valence-corrected chi connectivity index (χ0v) is 20.1. The van der Waals surface area contributed by atoms with E-state index in [2.05, 4.69) is 42.4 Å². The van der Waals surface area contributed by atoms with Crippen LogP contribution in [-0.2, 0) is 0 Å². The molecule has 174 valence electrons. The van der Waals surface area contributed by atoms with Crippen LogP contribution in [0.15, 0.2) is 23.8 Å². The van der Waals surface area contributed by atoms with Gasteiger partial charge in [-0.25, -0.2) is 4.39 Å². The Kier molecular flexibility index (Phi) is 11.0. The lowest BCUT2D eigenvalue weighted by atomic mass is 9.89. The topological polar surface area (TPSA) is 35.7 Å². The van der Waals surface area contributed by atoms with Gasteiger partial charge >= 0.3 is 0 Å². The number of piperazine rings is 1. The van der Waals surface area contributed by atoms with Gasteiger partial charge in [-0.3, -0.25) is 0 Å². The molecule has 4 nitrogen and oxygen atoms in total. The van der Waals surface area contributed by atoms with E-state index in [9.17, 15) is 4.39 Å². The third-order valence-corrected chi connectivity index (χ3v) is 6.26. The van der Waals surface area contributed by atoms with Crippen LogP contribution in [0.3, 0.4) is 0 Å². The molecule has 0 amide bonds. The highest BCUT2D eigenvalue weighted by molar-refractivity contribution is 5.28. The average Bonchev–Trinajstić information content (AvgIpc) is 2.69. The summed E-state index contributed by atoms with van der Waals surface area (Å²) in [7, 11) is 0. The first-order valence-corrected chi connectivity index (χ1v) is 12.2. The Morgan fingerprint density at radius 2 is 1.57 bits per heavy atom. The molecule has 1 aliphatic heterocycles.